The lowest BCUT2D eigenvalue weighted by Crippen LogP contribution is -1.86. The number of methoxy groups -OCH3 is 1. The van der Waals surface area contributed by atoms with Gasteiger partial charge in [-0.2, -0.15) is 0 Å². The highest BCUT2D eigenvalue weighted by atomic mass is 16.5. The average Bonchev–Trinajstić information content (AvgIpc) is 2.38. The molecule has 78 valence electrons. The zero-order valence-electron chi connectivity index (χ0n) is 8.84. The van der Waals surface area contributed by atoms with Gasteiger partial charge in [0.25, 0.3) is 0 Å². The fraction of sp³-hybridized carbons (Fsp3) is 0.0769. The molecule has 3 heteroatoms. The lowest BCUT2D eigenvalue weighted by molar-refractivity contribution is 0.415. The number of hydrogen-bond donors (Lipinski definition) is 0. The molecule has 16 heavy (non-hydrogen) atoms. The average molecular weight is 210 g/mol. The van der Waals surface area contributed by atoms with Crippen molar-refractivity contribution in [3.05, 3.63) is 42.7 Å². The summed E-state index contributed by atoms with van der Waals surface area (Å²) >= 11 is 0. The van der Waals surface area contributed by atoms with Gasteiger partial charge in [-0.3, -0.25) is 9.97 Å². The topological polar surface area (TPSA) is 35.0 Å². The Hall–Kier alpha value is -2.16. The Bertz CT molecular complexity index is 664. The summed E-state index contributed by atoms with van der Waals surface area (Å²) in [5.74, 6) is 0.822. The first-order valence-corrected chi connectivity index (χ1v) is 5.06. The highest BCUT2D eigenvalue weighted by molar-refractivity contribution is 6.04. The lowest BCUT2D eigenvalue weighted by Gasteiger charge is -2.04. The maximum Gasteiger partial charge on any atom is 0.121 e. The maximum absolute atomic E-state index is 5.18. The molecule has 0 N–H and O–H groups in total. The molecule has 1 aromatic carbocycles. The summed E-state index contributed by atoms with van der Waals surface area (Å²) in [6, 6.07) is 9.88. The first-order valence-electron chi connectivity index (χ1n) is 5.06. The number of pyridine rings is 2. The summed E-state index contributed by atoms with van der Waals surface area (Å²) in [4.78, 5) is 8.66. The molecule has 3 nitrogen and oxygen atoms in total. The Kier molecular flexibility index (Phi) is 1.96. The van der Waals surface area contributed by atoms with E-state index in [1.54, 1.807) is 19.5 Å². The van der Waals surface area contributed by atoms with Crippen molar-refractivity contribution < 1.29 is 4.74 Å². The van der Waals surface area contributed by atoms with E-state index >= 15 is 0 Å². The summed E-state index contributed by atoms with van der Waals surface area (Å²) in [5, 5.41) is 2.22. The van der Waals surface area contributed by atoms with Gasteiger partial charge in [-0.05, 0) is 18.2 Å². The number of aromatic nitrogens is 2. The molecule has 0 aliphatic rings. The Morgan fingerprint density at radius 2 is 1.88 bits per heavy atom. The number of benzene rings is 1. The molecule has 0 bridgehead atoms. The van der Waals surface area contributed by atoms with E-state index in [0.29, 0.717) is 0 Å². The van der Waals surface area contributed by atoms with E-state index in [0.717, 1.165) is 27.6 Å². The Morgan fingerprint density at radius 3 is 2.75 bits per heavy atom. The minimum absolute atomic E-state index is 0.822. The minimum Gasteiger partial charge on any atom is -0.497 e. The van der Waals surface area contributed by atoms with E-state index < -0.39 is 0 Å². The Morgan fingerprint density at radius 1 is 1.00 bits per heavy atom. The SMILES string of the molecule is COc1ccc2c(c1)ncc1ncccc12. The standard InChI is InChI=1S/C13H10N2O/c1-16-9-4-5-11-10-3-2-6-14-13(10)8-15-12(11)7-9/h2-8H,1H3. The smallest absolute Gasteiger partial charge is 0.121 e. The molecule has 0 atom stereocenters. The molecule has 0 unspecified atom stereocenters. The highest BCUT2D eigenvalue weighted by Crippen LogP contribution is 2.25. The monoisotopic (exact) mass is 210 g/mol. The fourth-order valence-electron chi connectivity index (χ4n) is 1.85. The van der Waals surface area contributed by atoms with Crippen LogP contribution in [0.25, 0.3) is 21.8 Å². The third kappa shape index (κ3) is 1.29. The van der Waals surface area contributed by atoms with Crippen LogP contribution in [0.2, 0.25) is 0 Å². The van der Waals surface area contributed by atoms with E-state index in [-0.39, 0.29) is 0 Å². The van der Waals surface area contributed by atoms with Gasteiger partial charge in [-0.1, -0.05) is 6.07 Å². The van der Waals surface area contributed by atoms with Crippen LogP contribution in [-0.2, 0) is 0 Å². The van der Waals surface area contributed by atoms with E-state index in [1.807, 2.05) is 24.3 Å². The van der Waals surface area contributed by atoms with Crippen LogP contribution < -0.4 is 4.74 Å². The zero-order chi connectivity index (χ0) is 11.0. The van der Waals surface area contributed by atoms with Gasteiger partial charge in [0.1, 0.15) is 5.75 Å². The summed E-state index contributed by atoms with van der Waals surface area (Å²) in [7, 11) is 1.66. The van der Waals surface area contributed by atoms with Crippen molar-refractivity contribution in [2.75, 3.05) is 7.11 Å². The number of hydrogen-bond acceptors (Lipinski definition) is 3. The van der Waals surface area contributed by atoms with Gasteiger partial charge >= 0.3 is 0 Å². The summed E-state index contributed by atoms with van der Waals surface area (Å²) in [6.45, 7) is 0. The third-order valence-electron chi connectivity index (χ3n) is 2.66. The predicted molar refractivity (Wildman–Crippen MR) is 63.6 cm³/mol. The van der Waals surface area contributed by atoms with Crippen LogP contribution in [0.5, 0.6) is 5.75 Å². The minimum atomic E-state index is 0.822. The molecule has 0 saturated heterocycles. The van der Waals surface area contributed by atoms with Crippen LogP contribution in [-0.4, -0.2) is 17.1 Å². The molecular weight excluding hydrogens is 200 g/mol. The van der Waals surface area contributed by atoms with Gasteiger partial charge in [0.05, 0.1) is 24.3 Å². The second kappa shape index (κ2) is 3.45. The second-order valence-electron chi connectivity index (χ2n) is 3.58. The maximum atomic E-state index is 5.18. The first-order chi connectivity index (χ1) is 7.88. The van der Waals surface area contributed by atoms with Gasteiger partial charge in [-0.15, -0.1) is 0 Å². The second-order valence-corrected chi connectivity index (χ2v) is 3.58. The molecular formula is C13H10N2O. The molecule has 0 saturated carbocycles. The Balaban J connectivity index is 2.43. The van der Waals surface area contributed by atoms with Crippen molar-refractivity contribution in [3.63, 3.8) is 0 Å². The van der Waals surface area contributed by atoms with Gasteiger partial charge in [0, 0.05) is 23.0 Å². The van der Waals surface area contributed by atoms with Gasteiger partial charge < -0.3 is 4.74 Å². The molecule has 0 fully saturated rings. The van der Waals surface area contributed by atoms with E-state index in [1.165, 1.54) is 0 Å². The zero-order valence-corrected chi connectivity index (χ0v) is 8.84. The molecule has 3 rings (SSSR count). The van der Waals surface area contributed by atoms with Gasteiger partial charge in [-0.25, -0.2) is 0 Å². The number of ether oxygens (including phenoxy) is 1. The molecule has 2 aromatic heterocycles. The molecule has 0 spiro atoms. The molecule has 0 radical (unpaired) electrons. The quantitative estimate of drug-likeness (QED) is 0.579. The van der Waals surface area contributed by atoms with Crippen molar-refractivity contribution in [2.24, 2.45) is 0 Å². The summed E-state index contributed by atoms with van der Waals surface area (Å²) < 4.78 is 5.18. The Labute approximate surface area is 92.7 Å². The molecule has 0 amide bonds. The van der Waals surface area contributed by atoms with Gasteiger partial charge in [0.2, 0.25) is 0 Å². The predicted octanol–water partition coefficient (Wildman–Crippen LogP) is 2.79. The molecule has 3 aromatic rings. The van der Waals surface area contributed by atoms with Gasteiger partial charge in [0.15, 0.2) is 0 Å². The normalized spacial score (nSPS) is 10.8. The van der Waals surface area contributed by atoms with Crippen molar-refractivity contribution >= 4 is 21.8 Å². The molecule has 0 aliphatic carbocycles. The van der Waals surface area contributed by atoms with Crippen molar-refractivity contribution in [3.8, 4) is 5.75 Å². The largest absolute Gasteiger partial charge is 0.497 e. The molecule has 0 aliphatic heterocycles. The third-order valence-corrected chi connectivity index (χ3v) is 2.66. The van der Waals surface area contributed by atoms with E-state index in [2.05, 4.69) is 16.0 Å². The fourth-order valence-corrected chi connectivity index (χ4v) is 1.85. The van der Waals surface area contributed by atoms with Crippen LogP contribution in [0.4, 0.5) is 0 Å². The molecule has 2 heterocycles. The van der Waals surface area contributed by atoms with Crippen LogP contribution in [0.3, 0.4) is 0 Å². The summed E-state index contributed by atoms with van der Waals surface area (Å²) in [5.41, 5.74) is 1.85. The van der Waals surface area contributed by atoms with E-state index in [9.17, 15) is 0 Å². The van der Waals surface area contributed by atoms with Crippen LogP contribution in [0.1, 0.15) is 0 Å². The number of rotatable bonds is 1. The first kappa shape index (κ1) is 9.09. The van der Waals surface area contributed by atoms with Crippen molar-refractivity contribution in [1.82, 2.24) is 9.97 Å². The van der Waals surface area contributed by atoms with Crippen molar-refractivity contribution in [1.29, 1.82) is 0 Å². The highest BCUT2D eigenvalue weighted by Gasteiger charge is 2.02. The van der Waals surface area contributed by atoms with Crippen molar-refractivity contribution in [2.45, 2.75) is 0 Å². The number of nitrogens with zero attached hydrogens (tertiary/aromatic N) is 2. The number of fused-ring (bicyclic) bond motifs is 3. The summed E-state index contributed by atoms with van der Waals surface area (Å²) in [6.07, 6.45) is 3.57. The van der Waals surface area contributed by atoms with E-state index in [4.69, 9.17) is 4.74 Å². The van der Waals surface area contributed by atoms with Crippen LogP contribution in [0.15, 0.2) is 42.7 Å². The van der Waals surface area contributed by atoms with Crippen LogP contribution >= 0.6 is 0 Å². The van der Waals surface area contributed by atoms with Crippen LogP contribution in [0, 0.1) is 0 Å². The lowest BCUT2D eigenvalue weighted by atomic mass is 10.1.